The third kappa shape index (κ3) is 2.39. The van der Waals surface area contributed by atoms with Gasteiger partial charge in [0.05, 0.1) is 4.92 Å². The quantitative estimate of drug-likeness (QED) is 0.626. The van der Waals surface area contributed by atoms with Crippen molar-refractivity contribution in [2.45, 2.75) is 19.9 Å². The molecule has 1 fully saturated rings. The molecule has 1 aromatic rings. The van der Waals surface area contributed by atoms with Crippen LogP contribution in [-0.2, 0) is 0 Å². The molecule has 1 saturated heterocycles. The number of para-hydroxylation sites is 1. The summed E-state index contributed by atoms with van der Waals surface area (Å²) in [6.45, 7) is 6.37. The summed E-state index contributed by atoms with van der Waals surface area (Å²) < 4.78 is 0. The Morgan fingerprint density at radius 3 is 2.94 bits per heavy atom. The number of rotatable bonds is 2. The molecule has 1 aliphatic rings. The molecule has 1 aromatic carbocycles. The van der Waals surface area contributed by atoms with Crippen LogP contribution in [0.25, 0.3) is 0 Å². The fraction of sp³-hybridized carbons (Fsp3) is 0.500. The Hall–Kier alpha value is -1.62. The van der Waals surface area contributed by atoms with E-state index in [1.807, 2.05) is 12.1 Å². The SMILES string of the molecule is Cc1cccc(N2CCN[C@H](C)C2)c1[N+](=O)[O-]. The molecule has 0 radical (unpaired) electrons. The van der Waals surface area contributed by atoms with Gasteiger partial charge in [-0.1, -0.05) is 12.1 Å². The third-order valence-corrected chi connectivity index (χ3v) is 3.11. The minimum atomic E-state index is -0.280. The molecule has 1 heterocycles. The van der Waals surface area contributed by atoms with Gasteiger partial charge in [-0.15, -0.1) is 0 Å². The van der Waals surface area contributed by atoms with Gasteiger partial charge in [0.2, 0.25) is 0 Å². The molecule has 0 spiro atoms. The second-order valence-electron chi connectivity index (χ2n) is 4.50. The predicted octanol–water partition coefficient (Wildman–Crippen LogP) is 1.70. The van der Waals surface area contributed by atoms with Crippen molar-refractivity contribution in [1.29, 1.82) is 0 Å². The molecule has 17 heavy (non-hydrogen) atoms. The van der Waals surface area contributed by atoms with E-state index < -0.39 is 0 Å². The summed E-state index contributed by atoms with van der Waals surface area (Å²) in [4.78, 5) is 12.9. The fourth-order valence-electron chi connectivity index (χ4n) is 2.29. The number of benzene rings is 1. The van der Waals surface area contributed by atoms with Crippen molar-refractivity contribution in [1.82, 2.24) is 5.32 Å². The van der Waals surface area contributed by atoms with Gasteiger partial charge >= 0.3 is 0 Å². The number of piperazine rings is 1. The van der Waals surface area contributed by atoms with E-state index in [1.165, 1.54) is 0 Å². The number of aryl methyl sites for hydroxylation is 1. The molecular weight excluding hydrogens is 218 g/mol. The highest BCUT2D eigenvalue weighted by Crippen LogP contribution is 2.31. The van der Waals surface area contributed by atoms with Crippen molar-refractivity contribution in [3.8, 4) is 0 Å². The van der Waals surface area contributed by atoms with E-state index in [4.69, 9.17) is 0 Å². The van der Waals surface area contributed by atoms with Gasteiger partial charge in [-0.2, -0.15) is 0 Å². The van der Waals surface area contributed by atoms with Crippen molar-refractivity contribution in [2.75, 3.05) is 24.5 Å². The molecule has 0 saturated carbocycles. The standard InChI is InChI=1S/C12H17N3O2/c1-9-4-3-5-11(12(9)15(16)17)14-7-6-13-10(2)8-14/h3-5,10,13H,6-8H2,1-2H3/t10-/m1/s1. The molecular formula is C12H17N3O2. The zero-order chi connectivity index (χ0) is 12.4. The number of nitro benzene ring substituents is 1. The lowest BCUT2D eigenvalue weighted by Gasteiger charge is -2.33. The predicted molar refractivity (Wildman–Crippen MR) is 67.5 cm³/mol. The van der Waals surface area contributed by atoms with Gasteiger partial charge in [-0.05, 0) is 19.9 Å². The average Bonchev–Trinajstić information content (AvgIpc) is 2.28. The maximum absolute atomic E-state index is 11.1. The smallest absolute Gasteiger partial charge is 0.295 e. The van der Waals surface area contributed by atoms with Crippen molar-refractivity contribution in [3.63, 3.8) is 0 Å². The van der Waals surface area contributed by atoms with Gasteiger partial charge in [0.15, 0.2) is 0 Å². The fourth-order valence-corrected chi connectivity index (χ4v) is 2.29. The molecule has 0 aromatic heterocycles. The number of nitrogens with zero attached hydrogens (tertiary/aromatic N) is 2. The second-order valence-corrected chi connectivity index (χ2v) is 4.50. The topological polar surface area (TPSA) is 58.4 Å². The van der Waals surface area contributed by atoms with Crippen molar-refractivity contribution < 1.29 is 4.92 Å². The van der Waals surface area contributed by atoms with Crippen LogP contribution in [0, 0.1) is 17.0 Å². The van der Waals surface area contributed by atoms with Gasteiger partial charge in [-0.3, -0.25) is 10.1 Å². The molecule has 5 nitrogen and oxygen atoms in total. The minimum absolute atomic E-state index is 0.238. The first-order valence-corrected chi connectivity index (χ1v) is 5.82. The van der Waals surface area contributed by atoms with Crippen molar-refractivity contribution in [2.24, 2.45) is 0 Å². The highest BCUT2D eigenvalue weighted by molar-refractivity contribution is 5.66. The van der Waals surface area contributed by atoms with Gasteiger partial charge < -0.3 is 10.2 Å². The lowest BCUT2D eigenvalue weighted by molar-refractivity contribution is -0.384. The van der Waals surface area contributed by atoms with Crippen LogP contribution in [0.2, 0.25) is 0 Å². The third-order valence-electron chi connectivity index (χ3n) is 3.11. The molecule has 1 aliphatic heterocycles. The summed E-state index contributed by atoms with van der Waals surface area (Å²) in [7, 11) is 0. The number of nitro groups is 1. The summed E-state index contributed by atoms with van der Waals surface area (Å²) in [6, 6.07) is 5.87. The number of nitrogens with one attached hydrogen (secondary N) is 1. The molecule has 0 amide bonds. The van der Waals surface area contributed by atoms with E-state index in [0.29, 0.717) is 6.04 Å². The van der Waals surface area contributed by atoms with Crippen molar-refractivity contribution >= 4 is 11.4 Å². The van der Waals surface area contributed by atoms with Crippen molar-refractivity contribution in [3.05, 3.63) is 33.9 Å². The van der Waals surface area contributed by atoms with Gasteiger partial charge in [0, 0.05) is 31.2 Å². The van der Waals surface area contributed by atoms with Crippen LogP contribution in [0.5, 0.6) is 0 Å². The van der Waals surface area contributed by atoms with Crippen LogP contribution in [0.15, 0.2) is 18.2 Å². The monoisotopic (exact) mass is 235 g/mol. The molecule has 0 aliphatic carbocycles. The Balaban J connectivity index is 2.37. The Bertz CT molecular complexity index is 434. The van der Waals surface area contributed by atoms with Crippen LogP contribution >= 0.6 is 0 Å². The Kier molecular flexibility index (Phi) is 3.28. The van der Waals surface area contributed by atoms with E-state index >= 15 is 0 Å². The van der Waals surface area contributed by atoms with E-state index in [9.17, 15) is 10.1 Å². The first-order chi connectivity index (χ1) is 8.09. The minimum Gasteiger partial charge on any atom is -0.363 e. The summed E-state index contributed by atoms with van der Waals surface area (Å²) in [6.07, 6.45) is 0. The van der Waals surface area contributed by atoms with Crippen LogP contribution in [0.3, 0.4) is 0 Å². The molecule has 2 rings (SSSR count). The normalized spacial score (nSPS) is 20.4. The van der Waals surface area contributed by atoms with Crippen LogP contribution in [0.4, 0.5) is 11.4 Å². The number of hydrogen-bond donors (Lipinski definition) is 1. The molecule has 5 heteroatoms. The van der Waals surface area contributed by atoms with Gasteiger partial charge in [-0.25, -0.2) is 0 Å². The summed E-state index contributed by atoms with van der Waals surface area (Å²) >= 11 is 0. The van der Waals surface area contributed by atoms with Crippen LogP contribution < -0.4 is 10.2 Å². The van der Waals surface area contributed by atoms with Crippen LogP contribution in [-0.4, -0.2) is 30.6 Å². The number of anilines is 1. The van der Waals surface area contributed by atoms with Gasteiger partial charge in [0.1, 0.15) is 5.69 Å². The highest BCUT2D eigenvalue weighted by Gasteiger charge is 2.24. The molecule has 0 bridgehead atoms. The maximum atomic E-state index is 11.1. The maximum Gasteiger partial charge on any atom is 0.295 e. The largest absolute Gasteiger partial charge is 0.363 e. The Morgan fingerprint density at radius 2 is 2.29 bits per heavy atom. The highest BCUT2D eigenvalue weighted by atomic mass is 16.6. The number of hydrogen-bond acceptors (Lipinski definition) is 4. The Morgan fingerprint density at radius 1 is 1.53 bits per heavy atom. The molecule has 1 N–H and O–H groups in total. The van der Waals surface area contributed by atoms with Gasteiger partial charge in [0.25, 0.3) is 5.69 Å². The first-order valence-electron chi connectivity index (χ1n) is 5.82. The first kappa shape index (κ1) is 11.9. The second kappa shape index (κ2) is 4.71. The molecule has 92 valence electrons. The lowest BCUT2D eigenvalue weighted by atomic mass is 10.1. The average molecular weight is 235 g/mol. The van der Waals surface area contributed by atoms with E-state index in [2.05, 4.69) is 17.1 Å². The Labute approximate surface area is 101 Å². The summed E-state index contributed by atoms with van der Waals surface area (Å²) in [5.74, 6) is 0. The van der Waals surface area contributed by atoms with Crippen LogP contribution in [0.1, 0.15) is 12.5 Å². The van der Waals surface area contributed by atoms with E-state index in [1.54, 1.807) is 13.0 Å². The summed E-state index contributed by atoms with van der Waals surface area (Å²) in [5.41, 5.74) is 1.70. The summed E-state index contributed by atoms with van der Waals surface area (Å²) in [5, 5.41) is 14.5. The zero-order valence-corrected chi connectivity index (χ0v) is 10.1. The molecule has 1 atom stereocenters. The lowest BCUT2D eigenvalue weighted by Crippen LogP contribution is -2.49. The van der Waals surface area contributed by atoms with E-state index in [-0.39, 0.29) is 10.6 Å². The zero-order valence-electron chi connectivity index (χ0n) is 10.1. The molecule has 0 unspecified atom stereocenters. The van der Waals surface area contributed by atoms with E-state index in [0.717, 1.165) is 30.9 Å².